The number of benzene rings is 4. The Morgan fingerprint density at radius 1 is 0.717 bits per heavy atom. The third kappa shape index (κ3) is 4.89. The Morgan fingerprint density at radius 2 is 1.35 bits per heavy atom. The number of hydrogen-bond acceptors (Lipinski definition) is 4. The van der Waals surface area contributed by atoms with Crippen molar-refractivity contribution in [1.82, 2.24) is 9.55 Å². The highest BCUT2D eigenvalue weighted by Crippen LogP contribution is 2.57. The number of anilines is 1. The molecule has 6 aromatic rings. The van der Waals surface area contributed by atoms with Crippen molar-refractivity contribution in [2.45, 2.75) is 18.9 Å². The monoisotopic (exact) mass is 662 g/mol. The molecule has 46 heavy (non-hydrogen) atoms. The lowest BCUT2D eigenvalue weighted by Gasteiger charge is -2.42. The molecular weight excluding hydrogens is 632 g/mol. The fraction of sp³-hybridized carbons (Fsp3) is 0.158. The van der Waals surface area contributed by atoms with E-state index in [-0.39, 0.29) is 11.5 Å². The van der Waals surface area contributed by atoms with E-state index in [2.05, 4.69) is 102 Å². The molecule has 0 saturated carbocycles. The molecule has 0 amide bonds. The number of nitrogens with zero attached hydrogens (tertiary/aromatic N) is 3. The predicted octanol–water partition coefficient (Wildman–Crippen LogP) is 7.05. The first-order valence-electron chi connectivity index (χ1n) is 15.5. The normalized spacial score (nSPS) is 17.5. The van der Waals surface area contributed by atoms with Gasteiger partial charge in [0.1, 0.15) is 15.9 Å². The quantitative estimate of drug-likeness (QED) is 0.179. The van der Waals surface area contributed by atoms with Crippen LogP contribution in [0.3, 0.4) is 0 Å². The van der Waals surface area contributed by atoms with Gasteiger partial charge in [-0.15, -0.1) is 0 Å². The van der Waals surface area contributed by atoms with E-state index in [4.69, 9.17) is 32.6 Å². The summed E-state index contributed by atoms with van der Waals surface area (Å²) in [6, 6.07) is 43.2. The van der Waals surface area contributed by atoms with E-state index in [1.165, 1.54) is 15.9 Å². The summed E-state index contributed by atoms with van der Waals surface area (Å²) >= 11 is 13.1. The minimum atomic E-state index is -2.61. The molecule has 5 nitrogen and oxygen atoms in total. The van der Waals surface area contributed by atoms with Crippen molar-refractivity contribution >= 4 is 57.7 Å². The third-order valence-electron chi connectivity index (χ3n) is 9.27. The number of rotatable bonds is 6. The molecule has 0 radical (unpaired) electrons. The van der Waals surface area contributed by atoms with Gasteiger partial charge < -0.3 is 13.9 Å². The molecule has 1 fully saturated rings. The van der Waals surface area contributed by atoms with Crippen molar-refractivity contribution in [2.75, 3.05) is 18.0 Å². The first kappa shape index (κ1) is 29.3. The average molecular weight is 664 g/mol. The van der Waals surface area contributed by atoms with Crippen LogP contribution < -0.4 is 31.8 Å². The lowest BCUT2D eigenvalue weighted by Crippen LogP contribution is -2.49. The van der Waals surface area contributed by atoms with Gasteiger partial charge in [-0.2, -0.15) is 4.98 Å². The van der Waals surface area contributed by atoms with Gasteiger partial charge in [-0.1, -0.05) is 83.9 Å². The van der Waals surface area contributed by atoms with Crippen LogP contribution in [0, 0.1) is 5.92 Å². The smallest absolute Gasteiger partial charge is 0.262 e. The maximum absolute atomic E-state index is 12.8. The number of oxazole rings is 1. The van der Waals surface area contributed by atoms with Gasteiger partial charge in [0.15, 0.2) is 7.26 Å². The Bertz CT molecular complexity index is 1990. The highest BCUT2D eigenvalue weighted by atomic mass is 35.5. The molecule has 0 aliphatic carbocycles. The summed E-state index contributed by atoms with van der Waals surface area (Å²) in [5, 5.41) is 4.59. The summed E-state index contributed by atoms with van der Waals surface area (Å²) < 4.78 is 8.92. The lowest BCUT2D eigenvalue weighted by molar-refractivity contribution is 0.275. The van der Waals surface area contributed by atoms with Gasteiger partial charge in [0.2, 0.25) is 5.89 Å². The van der Waals surface area contributed by atoms with E-state index in [1.54, 1.807) is 12.1 Å². The SMILES string of the molecule is O=c1cccc2n1CC1CC2CN(c2oc(-c3ccc(Cl)cc3Cl)nc2[P+](c2ccccc2)(c2ccccc2)c2ccccc2)C1. The van der Waals surface area contributed by atoms with Gasteiger partial charge in [0, 0.05) is 42.3 Å². The predicted molar refractivity (Wildman–Crippen MR) is 191 cm³/mol. The van der Waals surface area contributed by atoms with Crippen LogP contribution in [0.15, 0.2) is 137 Å². The highest BCUT2D eigenvalue weighted by molar-refractivity contribution is 8.01. The molecule has 2 bridgehead atoms. The molecule has 4 heterocycles. The van der Waals surface area contributed by atoms with Gasteiger partial charge in [-0.05, 0) is 73.0 Å². The molecule has 2 aliphatic heterocycles. The topological polar surface area (TPSA) is 51.3 Å². The maximum atomic E-state index is 12.8. The van der Waals surface area contributed by atoms with Crippen molar-refractivity contribution in [2.24, 2.45) is 5.92 Å². The van der Waals surface area contributed by atoms with Crippen molar-refractivity contribution in [3.63, 3.8) is 0 Å². The standard InChI is InChI=1S/C38H31Cl2N3O2P/c39-28-19-20-32(33(40)22-28)36-41-37(38(45-36)42-23-26-21-27(25-42)34-17-10-18-35(44)43(34)24-26)46(29-11-4-1-5-12-29,30-13-6-2-7-14-30)31-15-8-3-9-16-31/h1-20,22,26-27H,21,23-25H2/q+1. The summed E-state index contributed by atoms with van der Waals surface area (Å²) in [5.41, 5.74) is 2.76. The van der Waals surface area contributed by atoms with E-state index in [0.717, 1.165) is 30.0 Å². The zero-order chi connectivity index (χ0) is 31.3. The molecule has 2 aromatic heterocycles. The number of piperidine rings is 1. The van der Waals surface area contributed by atoms with Crippen molar-refractivity contribution in [3.05, 3.63) is 153 Å². The highest BCUT2D eigenvalue weighted by Gasteiger charge is 2.54. The van der Waals surface area contributed by atoms with Crippen LogP contribution in [0.1, 0.15) is 18.0 Å². The molecule has 2 aliphatic rings. The van der Waals surface area contributed by atoms with Crippen LogP contribution in [-0.4, -0.2) is 22.6 Å². The molecule has 2 unspecified atom stereocenters. The lowest BCUT2D eigenvalue weighted by atomic mass is 9.83. The zero-order valence-corrected chi connectivity index (χ0v) is 27.4. The Balaban J connectivity index is 1.41. The van der Waals surface area contributed by atoms with E-state index in [1.807, 2.05) is 22.8 Å². The molecule has 1 saturated heterocycles. The summed E-state index contributed by atoms with van der Waals surface area (Å²) in [6.45, 7) is 2.16. The summed E-state index contributed by atoms with van der Waals surface area (Å²) in [4.78, 5) is 20.7. The Kier molecular flexibility index (Phi) is 7.57. The van der Waals surface area contributed by atoms with Crippen LogP contribution in [0.5, 0.6) is 0 Å². The minimum Gasteiger partial charge on any atom is -0.416 e. The fourth-order valence-corrected chi connectivity index (χ4v) is 12.0. The molecule has 8 rings (SSSR count). The number of fused-ring (bicyclic) bond motifs is 4. The van der Waals surface area contributed by atoms with Crippen molar-refractivity contribution in [1.29, 1.82) is 0 Å². The van der Waals surface area contributed by atoms with Gasteiger partial charge in [0.25, 0.3) is 16.9 Å². The van der Waals surface area contributed by atoms with Crippen molar-refractivity contribution in [3.8, 4) is 11.5 Å². The van der Waals surface area contributed by atoms with E-state index in [0.29, 0.717) is 40.5 Å². The van der Waals surface area contributed by atoms with E-state index >= 15 is 0 Å². The Morgan fingerprint density at radius 3 is 1.96 bits per heavy atom. The summed E-state index contributed by atoms with van der Waals surface area (Å²) in [7, 11) is -2.61. The number of hydrogen-bond donors (Lipinski definition) is 0. The maximum Gasteiger partial charge on any atom is 0.262 e. The molecule has 8 heteroatoms. The molecule has 4 aromatic carbocycles. The Labute approximate surface area is 278 Å². The average Bonchev–Trinajstić information content (AvgIpc) is 3.52. The molecular formula is C38H31Cl2N3O2P+. The first-order valence-corrected chi connectivity index (χ1v) is 18.0. The van der Waals surface area contributed by atoms with E-state index < -0.39 is 7.26 Å². The van der Waals surface area contributed by atoms with Crippen LogP contribution in [0.25, 0.3) is 11.5 Å². The minimum absolute atomic E-state index is 0.0721. The third-order valence-corrected chi connectivity index (χ3v) is 14.0. The number of pyridine rings is 1. The van der Waals surface area contributed by atoms with Crippen molar-refractivity contribution < 1.29 is 4.42 Å². The van der Waals surface area contributed by atoms with Crippen LogP contribution in [0.2, 0.25) is 10.0 Å². The van der Waals surface area contributed by atoms with E-state index in [9.17, 15) is 4.79 Å². The molecule has 2 atom stereocenters. The van der Waals surface area contributed by atoms with Gasteiger partial charge in [0.05, 0.1) is 10.6 Å². The number of halogens is 2. The van der Waals surface area contributed by atoms with Crippen LogP contribution in [0.4, 0.5) is 5.88 Å². The molecule has 0 spiro atoms. The second-order valence-electron chi connectivity index (χ2n) is 12.1. The first-order chi connectivity index (χ1) is 22.5. The summed E-state index contributed by atoms with van der Waals surface area (Å²) in [6.07, 6.45) is 1.04. The zero-order valence-electron chi connectivity index (χ0n) is 25.0. The summed E-state index contributed by atoms with van der Waals surface area (Å²) in [5.74, 6) is 1.71. The van der Waals surface area contributed by atoms with Gasteiger partial charge in [-0.25, -0.2) is 0 Å². The molecule has 228 valence electrons. The second kappa shape index (κ2) is 11.9. The van der Waals surface area contributed by atoms with Gasteiger partial charge in [-0.3, -0.25) is 4.79 Å². The van der Waals surface area contributed by atoms with Gasteiger partial charge >= 0.3 is 0 Å². The van der Waals surface area contributed by atoms with Crippen LogP contribution >= 0.6 is 30.5 Å². The second-order valence-corrected chi connectivity index (χ2v) is 16.2. The van der Waals surface area contributed by atoms with Crippen LogP contribution in [-0.2, 0) is 6.54 Å². The largest absolute Gasteiger partial charge is 0.416 e. The number of aromatic nitrogens is 2. The molecule has 0 N–H and O–H groups in total. The Hall–Kier alpha value is -4.15. The fourth-order valence-electron chi connectivity index (χ4n) is 7.34.